The third-order valence-electron chi connectivity index (χ3n) is 3.40. The lowest BCUT2D eigenvalue weighted by molar-refractivity contribution is 0.0771. The summed E-state index contributed by atoms with van der Waals surface area (Å²) in [6, 6.07) is 0.0773. The summed E-state index contributed by atoms with van der Waals surface area (Å²) in [5.74, 6) is 0.370. The summed E-state index contributed by atoms with van der Waals surface area (Å²) in [6.07, 6.45) is 3.83. The van der Waals surface area contributed by atoms with Gasteiger partial charge in [-0.15, -0.1) is 11.3 Å². The SMILES string of the molecule is Cc1ncc(CN(C)C(=O)c2noc(C3CCCN3)n2)s1. The third kappa shape index (κ3) is 3.11. The fourth-order valence-corrected chi connectivity index (χ4v) is 3.16. The van der Waals surface area contributed by atoms with E-state index in [4.69, 9.17) is 4.52 Å². The van der Waals surface area contributed by atoms with E-state index in [-0.39, 0.29) is 17.8 Å². The molecule has 8 heteroatoms. The van der Waals surface area contributed by atoms with Gasteiger partial charge in [-0.3, -0.25) is 4.79 Å². The number of nitrogens with one attached hydrogen (secondary N) is 1. The highest BCUT2D eigenvalue weighted by molar-refractivity contribution is 7.11. The van der Waals surface area contributed by atoms with Crippen molar-refractivity contribution < 1.29 is 9.32 Å². The highest BCUT2D eigenvalue weighted by Gasteiger charge is 2.25. The normalized spacial score (nSPS) is 18.1. The van der Waals surface area contributed by atoms with Gasteiger partial charge in [-0.25, -0.2) is 4.98 Å². The van der Waals surface area contributed by atoms with Crippen molar-refractivity contribution in [3.05, 3.63) is 27.8 Å². The van der Waals surface area contributed by atoms with Crippen molar-refractivity contribution in [2.24, 2.45) is 0 Å². The van der Waals surface area contributed by atoms with Gasteiger partial charge in [-0.05, 0) is 26.3 Å². The van der Waals surface area contributed by atoms with Gasteiger partial charge < -0.3 is 14.7 Å². The molecule has 3 heterocycles. The van der Waals surface area contributed by atoms with Crippen LogP contribution in [-0.4, -0.2) is 39.5 Å². The second kappa shape index (κ2) is 5.90. The van der Waals surface area contributed by atoms with Crippen LogP contribution in [0.5, 0.6) is 0 Å². The van der Waals surface area contributed by atoms with Crippen LogP contribution in [0.4, 0.5) is 0 Å². The number of aryl methyl sites for hydroxylation is 1. The summed E-state index contributed by atoms with van der Waals surface area (Å²) in [5, 5.41) is 8.05. The first-order chi connectivity index (χ1) is 10.1. The number of nitrogens with zero attached hydrogens (tertiary/aromatic N) is 4. The first-order valence-electron chi connectivity index (χ1n) is 6.87. The largest absolute Gasteiger partial charge is 0.337 e. The van der Waals surface area contributed by atoms with E-state index in [0.29, 0.717) is 12.4 Å². The molecule has 1 N–H and O–H groups in total. The number of amides is 1. The van der Waals surface area contributed by atoms with Gasteiger partial charge in [0.15, 0.2) is 0 Å². The van der Waals surface area contributed by atoms with Gasteiger partial charge in [0.2, 0.25) is 5.89 Å². The summed E-state index contributed by atoms with van der Waals surface area (Å²) < 4.78 is 5.19. The minimum absolute atomic E-state index is 0.0773. The zero-order chi connectivity index (χ0) is 14.8. The summed E-state index contributed by atoms with van der Waals surface area (Å²) >= 11 is 1.58. The summed E-state index contributed by atoms with van der Waals surface area (Å²) in [5.41, 5.74) is 0. The quantitative estimate of drug-likeness (QED) is 0.922. The predicted octanol–water partition coefficient (Wildman–Crippen LogP) is 1.53. The Balaban J connectivity index is 1.66. The van der Waals surface area contributed by atoms with Crippen LogP contribution >= 0.6 is 11.3 Å². The molecular formula is C13H17N5O2S. The maximum atomic E-state index is 12.3. The van der Waals surface area contributed by atoms with Crippen molar-refractivity contribution in [3.8, 4) is 0 Å². The number of hydrogen-bond donors (Lipinski definition) is 1. The van der Waals surface area contributed by atoms with Gasteiger partial charge in [0.25, 0.3) is 11.7 Å². The summed E-state index contributed by atoms with van der Waals surface area (Å²) in [4.78, 5) is 23.3. The van der Waals surface area contributed by atoms with E-state index in [0.717, 1.165) is 29.3 Å². The number of aromatic nitrogens is 3. The molecule has 1 saturated heterocycles. The van der Waals surface area contributed by atoms with Crippen LogP contribution in [-0.2, 0) is 6.54 Å². The second-order valence-electron chi connectivity index (χ2n) is 5.11. The van der Waals surface area contributed by atoms with E-state index in [1.165, 1.54) is 0 Å². The molecule has 0 aliphatic carbocycles. The Hall–Kier alpha value is -1.80. The van der Waals surface area contributed by atoms with Crippen molar-refractivity contribution in [2.45, 2.75) is 32.4 Å². The molecular weight excluding hydrogens is 290 g/mol. The monoisotopic (exact) mass is 307 g/mol. The Labute approximate surface area is 126 Å². The maximum Gasteiger partial charge on any atom is 0.295 e. The Morgan fingerprint density at radius 2 is 2.48 bits per heavy atom. The molecule has 2 aromatic rings. The third-order valence-corrected chi connectivity index (χ3v) is 4.30. The van der Waals surface area contributed by atoms with Crippen LogP contribution < -0.4 is 5.32 Å². The standard InChI is InChI=1S/C13H17N5O2S/c1-8-15-6-9(21-8)7-18(2)13(19)11-16-12(20-17-11)10-4-3-5-14-10/h6,10,14H,3-5,7H2,1-2H3. The average Bonchev–Trinajstić information content (AvgIpc) is 3.18. The minimum atomic E-state index is -0.242. The minimum Gasteiger partial charge on any atom is -0.337 e. The van der Waals surface area contributed by atoms with Crippen molar-refractivity contribution in [1.29, 1.82) is 0 Å². The molecule has 1 aliphatic rings. The van der Waals surface area contributed by atoms with Crippen LogP contribution in [0.3, 0.4) is 0 Å². The zero-order valence-corrected chi connectivity index (χ0v) is 12.8. The molecule has 0 radical (unpaired) electrons. The first kappa shape index (κ1) is 14.2. The van der Waals surface area contributed by atoms with Gasteiger partial charge >= 0.3 is 0 Å². The molecule has 1 atom stereocenters. The fourth-order valence-electron chi connectivity index (χ4n) is 2.31. The van der Waals surface area contributed by atoms with Gasteiger partial charge in [0.1, 0.15) is 0 Å². The molecule has 1 unspecified atom stereocenters. The number of thiazole rings is 1. The van der Waals surface area contributed by atoms with E-state index < -0.39 is 0 Å². The van der Waals surface area contributed by atoms with Crippen molar-refractivity contribution >= 4 is 17.2 Å². The predicted molar refractivity (Wildman–Crippen MR) is 76.9 cm³/mol. The van der Waals surface area contributed by atoms with Crippen LogP contribution in [0.25, 0.3) is 0 Å². The smallest absolute Gasteiger partial charge is 0.295 e. The molecule has 7 nitrogen and oxygen atoms in total. The maximum absolute atomic E-state index is 12.3. The summed E-state index contributed by atoms with van der Waals surface area (Å²) in [6.45, 7) is 3.38. The van der Waals surface area contributed by atoms with Crippen molar-refractivity contribution in [1.82, 2.24) is 25.3 Å². The van der Waals surface area contributed by atoms with Crippen molar-refractivity contribution in [3.63, 3.8) is 0 Å². The molecule has 21 heavy (non-hydrogen) atoms. The number of rotatable bonds is 4. The fraction of sp³-hybridized carbons (Fsp3) is 0.538. The average molecular weight is 307 g/mol. The molecule has 2 aromatic heterocycles. The second-order valence-corrected chi connectivity index (χ2v) is 6.43. The van der Waals surface area contributed by atoms with Gasteiger partial charge in [0.05, 0.1) is 17.6 Å². The van der Waals surface area contributed by atoms with Crippen molar-refractivity contribution in [2.75, 3.05) is 13.6 Å². The van der Waals surface area contributed by atoms with Gasteiger partial charge in [0, 0.05) is 18.1 Å². The molecule has 0 bridgehead atoms. The topological polar surface area (TPSA) is 84.2 Å². The molecule has 112 valence electrons. The number of carbonyl (C=O) groups excluding carboxylic acids is 1. The molecule has 0 saturated carbocycles. The Morgan fingerprint density at radius 1 is 1.62 bits per heavy atom. The Morgan fingerprint density at radius 3 is 3.14 bits per heavy atom. The van der Waals surface area contributed by atoms with Crippen LogP contribution in [0.1, 0.15) is 45.3 Å². The van der Waals surface area contributed by atoms with E-state index in [1.54, 1.807) is 29.5 Å². The highest BCUT2D eigenvalue weighted by Crippen LogP contribution is 2.21. The van der Waals surface area contributed by atoms with Gasteiger partial charge in [-0.2, -0.15) is 4.98 Å². The summed E-state index contributed by atoms with van der Waals surface area (Å²) in [7, 11) is 1.72. The van der Waals surface area contributed by atoms with Crippen LogP contribution in [0.15, 0.2) is 10.7 Å². The van der Waals surface area contributed by atoms with E-state index in [1.807, 2.05) is 6.92 Å². The number of carbonyl (C=O) groups is 1. The van der Waals surface area contributed by atoms with Gasteiger partial charge in [-0.1, -0.05) is 5.16 Å². The van der Waals surface area contributed by atoms with Crippen LogP contribution in [0, 0.1) is 6.92 Å². The lowest BCUT2D eigenvalue weighted by Crippen LogP contribution is -2.27. The Kier molecular flexibility index (Phi) is 3.98. The lowest BCUT2D eigenvalue weighted by atomic mass is 10.2. The van der Waals surface area contributed by atoms with E-state index in [2.05, 4.69) is 20.4 Å². The van der Waals surface area contributed by atoms with Crippen LogP contribution in [0.2, 0.25) is 0 Å². The zero-order valence-electron chi connectivity index (χ0n) is 12.0. The Bertz CT molecular complexity index is 632. The molecule has 1 amide bonds. The number of hydrogen-bond acceptors (Lipinski definition) is 7. The molecule has 3 rings (SSSR count). The lowest BCUT2D eigenvalue weighted by Gasteiger charge is -2.13. The molecule has 0 spiro atoms. The first-order valence-corrected chi connectivity index (χ1v) is 7.69. The van der Waals surface area contributed by atoms with E-state index >= 15 is 0 Å². The highest BCUT2D eigenvalue weighted by atomic mass is 32.1. The molecule has 1 fully saturated rings. The van der Waals surface area contributed by atoms with E-state index in [9.17, 15) is 4.79 Å². The molecule has 0 aromatic carbocycles. The molecule has 1 aliphatic heterocycles.